The van der Waals surface area contributed by atoms with Gasteiger partial charge in [0.05, 0.1) is 31.7 Å². The molecule has 0 saturated carbocycles. The number of amides is 1. The van der Waals surface area contributed by atoms with Gasteiger partial charge in [0.2, 0.25) is 0 Å². The van der Waals surface area contributed by atoms with Gasteiger partial charge in [-0.15, -0.1) is 0 Å². The summed E-state index contributed by atoms with van der Waals surface area (Å²) in [6.07, 6.45) is 3.20. The van der Waals surface area contributed by atoms with Crippen LogP contribution in [0.25, 0.3) is 0 Å². The summed E-state index contributed by atoms with van der Waals surface area (Å²) in [5.74, 6) is 1.05. The molecule has 1 amide bonds. The molecule has 2 N–H and O–H groups in total. The van der Waals surface area contributed by atoms with Crippen molar-refractivity contribution in [1.82, 2.24) is 4.98 Å². The molecular weight excluding hydrogens is 354 g/mol. The van der Waals surface area contributed by atoms with E-state index in [1.807, 2.05) is 50.2 Å². The summed E-state index contributed by atoms with van der Waals surface area (Å²) >= 11 is 0. The molecule has 0 aliphatic heterocycles. The third-order valence-corrected chi connectivity index (χ3v) is 4.53. The monoisotopic (exact) mass is 377 g/mol. The average molecular weight is 377 g/mol. The molecule has 6 heteroatoms. The molecule has 0 fully saturated rings. The number of aromatic nitrogens is 1. The lowest BCUT2D eigenvalue weighted by Crippen LogP contribution is -2.13. The molecule has 0 radical (unpaired) electrons. The number of anilines is 3. The highest BCUT2D eigenvalue weighted by Crippen LogP contribution is 2.31. The van der Waals surface area contributed by atoms with Crippen molar-refractivity contribution in [2.75, 3.05) is 24.9 Å². The van der Waals surface area contributed by atoms with Crippen molar-refractivity contribution in [3.8, 4) is 11.5 Å². The van der Waals surface area contributed by atoms with Gasteiger partial charge in [-0.3, -0.25) is 9.78 Å². The number of ether oxygens (including phenoxy) is 2. The zero-order chi connectivity index (χ0) is 20.1. The second-order valence-electron chi connectivity index (χ2n) is 6.36. The number of rotatable bonds is 6. The summed E-state index contributed by atoms with van der Waals surface area (Å²) in [6.45, 7) is 4.00. The fraction of sp³-hybridized carbons (Fsp3) is 0.182. The molecule has 0 aliphatic rings. The quantitative estimate of drug-likeness (QED) is 0.651. The molecule has 0 spiro atoms. The Morgan fingerprint density at radius 3 is 2.46 bits per heavy atom. The van der Waals surface area contributed by atoms with E-state index < -0.39 is 0 Å². The highest BCUT2D eigenvalue weighted by atomic mass is 16.5. The molecule has 28 heavy (non-hydrogen) atoms. The van der Waals surface area contributed by atoms with Gasteiger partial charge in [-0.2, -0.15) is 0 Å². The van der Waals surface area contributed by atoms with Crippen LogP contribution in [0, 0.1) is 13.8 Å². The fourth-order valence-corrected chi connectivity index (χ4v) is 2.79. The van der Waals surface area contributed by atoms with Crippen molar-refractivity contribution in [1.29, 1.82) is 0 Å². The Labute approximate surface area is 164 Å². The highest BCUT2D eigenvalue weighted by Gasteiger charge is 2.11. The molecule has 1 heterocycles. The smallest absolute Gasteiger partial charge is 0.257 e. The van der Waals surface area contributed by atoms with Crippen LogP contribution < -0.4 is 20.1 Å². The molecule has 0 bridgehead atoms. The lowest BCUT2D eigenvalue weighted by Gasteiger charge is -2.13. The van der Waals surface area contributed by atoms with Crippen molar-refractivity contribution in [3.63, 3.8) is 0 Å². The van der Waals surface area contributed by atoms with Crippen molar-refractivity contribution in [3.05, 3.63) is 71.5 Å². The third-order valence-electron chi connectivity index (χ3n) is 4.53. The number of hydrogen-bond donors (Lipinski definition) is 2. The number of nitrogens with zero attached hydrogens (tertiary/aromatic N) is 1. The minimum Gasteiger partial charge on any atom is -0.493 e. The normalized spacial score (nSPS) is 10.3. The maximum atomic E-state index is 12.7. The summed E-state index contributed by atoms with van der Waals surface area (Å²) in [6, 6.07) is 13.1. The molecule has 3 aromatic rings. The van der Waals surface area contributed by atoms with Gasteiger partial charge in [-0.05, 0) is 49.2 Å². The van der Waals surface area contributed by atoms with Crippen molar-refractivity contribution in [2.24, 2.45) is 0 Å². The largest absolute Gasteiger partial charge is 0.493 e. The van der Waals surface area contributed by atoms with Crippen molar-refractivity contribution in [2.45, 2.75) is 13.8 Å². The van der Waals surface area contributed by atoms with E-state index in [2.05, 4.69) is 15.6 Å². The molecule has 0 aliphatic carbocycles. The van der Waals surface area contributed by atoms with Gasteiger partial charge in [0.15, 0.2) is 11.5 Å². The number of aryl methyl sites for hydroxylation is 1. The minimum atomic E-state index is -0.211. The second kappa shape index (κ2) is 8.43. The van der Waals surface area contributed by atoms with Gasteiger partial charge in [-0.1, -0.05) is 12.1 Å². The Morgan fingerprint density at radius 1 is 0.929 bits per heavy atom. The Bertz CT molecular complexity index is 1000. The number of nitrogens with one attached hydrogen (secondary N) is 2. The number of carbonyl (C=O) groups excluding carboxylic acids is 1. The van der Waals surface area contributed by atoms with Gasteiger partial charge in [0.1, 0.15) is 0 Å². The Hall–Kier alpha value is -3.54. The first kappa shape index (κ1) is 19.2. The molecular formula is C22H23N3O3. The van der Waals surface area contributed by atoms with Gasteiger partial charge in [0, 0.05) is 23.6 Å². The number of carbonyl (C=O) groups is 1. The average Bonchev–Trinajstić information content (AvgIpc) is 2.71. The van der Waals surface area contributed by atoms with E-state index >= 15 is 0 Å². The van der Waals surface area contributed by atoms with Gasteiger partial charge in [-0.25, -0.2) is 0 Å². The second-order valence-corrected chi connectivity index (χ2v) is 6.36. The van der Waals surface area contributed by atoms with Crippen LogP contribution in [0.2, 0.25) is 0 Å². The van der Waals surface area contributed by atoms with E-state index in [0.29, 0.717) is 22.7 Å². The molecule has 3 rings (SSSR count). The van der Waals surface area contributed by atoms with Crippen molar-refractivity contribution >= 4 is 23.0 Å². The van der Waals surface area contributed by atoms with E-state index in [4.69, 9.17) is 9.47 Å². The maximum Gasteiger partial charge on any atom is 0.257 e. The van der Waals surface area contributed by atoms with Crippen molar-refractivity contribution < 1.29 is 14.3 Å². The first-order valence-electron chi connectivity index (χ1n) is 8.83. The molecule has 0 unspecified atom stereocenters. The van der Waals surface area contributed by atoms with Gasteiger partial charge < -0.3 is 20.1 Å². The van der Waals surface area contributed by atoms with E-state index in [1.54, 1.807) is 32.7 Å². The van der Waals surface area contributed by atoms with Crippen LogP contribution >= 0.6 is 0 Å². The van der Waals surface area contributed by atoms with Crippen LogP contribution in [0.4, 0.5) is 17.1 Å². The molecule has 144 valence electrons. The zero-order valence-corrected chi connectivity index (χ0v) is 16.4. The fourth-order valence-electron chi connectivity index (χ4n) is 2.79. The highest BCUT2D eigenvalue weighted by molar-refractivity contribution is 6.05. The SMILES string of the molecule is COc1ccc(Nc2cncc(C(=O)Nc3cccc(C)c3C)c2)cc1OC. The predicted octanol–water partition coefficient (Wildman–Crippen LogP) is 4.71. The van der Waals surface area contributed by atoms with Crippen LogP contribution in [0.5, 0.6) is 11.5 Å². The van der Waals surface area contributed by atoms with Crippen LogP contribution in [0.15, 0.2) is 54.9 Å². The van der Waals surface area contributed by atoms with E-state index in [-0.39, 0.29) is 5.91 Å². The topological polar surface area (TPSA) is 72.5 Å². The Morgan fingerprint density at radius 2 is 1.71 bits per heavy atom. The number of methoxy groups -OCH3 is 2. The third kappa shape index (κ3) is 4.23. The lowest BCUT2D eigenvalue weighted by molar-refractivity contribution is 0.102. The summed E-state index contributed by atoms with van der Waals surface area (Å²) in [5.41, 5.74) is 4.92. The number of benzene rings is 2. The summed E-state index contributed by atoms with van der Waals surface area (Å²) in [7, 11) is 3.17. The molecule has 6 nitrogen and oxygen atoms in total. The van der Waals surface area contributed by atoms with Crippen LogP contribution in [0.3, 0.4) is 0 Å². The summed E-state index contributed by atoms with van der Waals surface area (Å²) in [5, 5.41) is 6.18. The van der Waals surface area contributed by atoms with E-state index in [0.717, 1.165) is 22.5 Å². The lowest BCUT2D eigenvalue weighted by atomic mass is 10.1. The van der Waals surface area contributed by atoms with Gasteiger partial charge >= 0.3 is 0 Å². The first-order chi connectivity index (χ1) is 13.5. The Balaban J connectivity index is 1.78. The Kier molecular flexibility index (Phi) is 5.79. The minimum absolute atomic E-state index is 0.211. The zero-order valence-electron chi connectivity index (χ0n) is 16.4. The first-order valence-corrected chi connectivity index (χ1v) is 8.83. The van der Waals surface area contributed by atoms with Crippen LogP contribution in [-0.4, -0.2) is 25.1 Å². The predicted molar refractivity (Wildman–Crippen MR) is 111 cm³/mol. The summed E-state index contributed by atoms with van der Waals surface area (Å²) in [4.78, 5) is 16.8. The van der Waals surface area contributed by atoms with E-state index in [9.17, 15) is 4.79 Å². The van der Waals surface area contributed by atoms with Crippen LogP contribution in [0.1, 0.15) is 21.5 Å². The van der Waals surface area contributed by atoms with E-state index in [1.165, 1.54) is 0 Å². The number of hydrogen-bond acceptors (Lipinski definition) is 5. The molecule has 0 atom stereocenters. The maximum absolute atomic E-state index is 12.7. The number of pyridine rings is 1. The van der Waals surface area contributed by atoms with Crippen LogP contribution in [-0.2, 0) is 0 Å². The molecule has 2 aromatic carbocycles. The summed E-state index contributed by atoms with van der Waals surface area (Å²) < 4.78 is 10.6. The molecule has 1 aromatic heterocycles. The standard InChI is InChI=1S/C22H23N3O3/c1-14-6-5-7-19(15(14)2)25-22(26)16-10-18(13-23-12-16)24-17-8-9-20(27-3)21(11-17)28-4/h5-13,24H,1-4H3,(H,25,26). The molecule has 0 saturated heterocycles. The van der Waals surface area contributed by atoms with Gasteiger partial charge in [0.25, 0.3) is 5.91 Å².